The zero-order valence-corrected chi connectivity index (χ0v) is 19.7. The summed E-state index contributed by atoms with van der Waals surface area (Å²) in [6, 6.07) is 11.7. The van der Waals surface area contributed by atoms with Crippen LogP contribution in [0.1, 0.15) is 6.92 Å². The Morgan fingerprint density at radius 1 is 1.06 bits per heavy atom. The molecule has 9 nitrogen and oxygen atoms in total. The summed E-state index contributed by atoms with van der Waals surface area (Å²) in [5.74, 6) is 1.74. The third-order valence-electron chi connectivity index (χ3n) is 5.37. The van der Waals surface area contributed by atoms with Gasteiger partial charge < -0.3 is 15.6 Å². The van der Waals surface area contributed by atoms with E-state index >= 15 is 0 Å². The molecule has 11 heteroatoms. The summed E-state index contributed by atoms with van der Waals surface area (Å²) in [5, 5.41) is 16.3. The lowest BCUT2D eigenvalue weighted by Gasteiger charge is -2.13. The molecule has 0 bridgehead atoms. The Bertz CT molecular complexity index is 1530. The Hall–Kier alpha value is -4.31. The van der Waals surface area contributed by atoms with Crippen molar-refractivity contribution in [1.82, 2.24) is 34.5 Å². The second kappa shape index (κ2) is 9.15. The highest BCUT2D eigenvalue weighted by Crippen LogP contribution is 2.34. The number of aryl methyl sites for hydroxylation is 1. The first kappa shape index (κ1) is 22.5. The molecule has 0 unspecified atom stereocenters. The monoisotopic (exact) mass is 489 g/mol. The zero-order valence-electron chi connectivity index (χ0n) is 18.9. The van der Waals surface area contributed by atoms with E-state index in [0.29, 0.717) is 51.7 Å². The molecule has 0 radical (unpaired) electrons. The zero-order chi connectivity index (χ0) is 24.5. The van der Waals surface area contributed by atoms with Gasteiger partial charge in [0.05, 0.1) is 16.9 Å². The lowest BCUT2D eigenvalue weighted by molar-refractivity contribution is 0.628. The fourth-order valence-electron chi connectivity index (χ4n) is 3.77. The van der Waals surface area contributed by atoms with E-state index in [1.807, 2.05) is 26.1 Å². The number of hydrogen-bond donors (Lipinski definition) is 2. The van der Waals surface area contributed by atoms with Gasteiger partial charge in [0, 0.05) is 30.9 Å². The van der Waals surface area contributed by atoms with Crippen LogP contribution in [0, 0.1) is 5.82 Å². The Morgan fingerprint density at radius 3 is 2.69 bits per heavy atom. The molecule has 176 valence electrons. The van der Waals surface area contributed by atoms with Crippen LogP contribution >= 0.6 is 11.6 Å². The van der Waals surface area contributed by atoms with Crippen molar-refractivity contribution in [3.63, 3.8) is 0 Å². The fraction of sp³-hybridized carbons (Fsp3) is 0.125. The Labute approximate surface area is 205 Å². The molecule has 4 heterocycles. The number of pyridine rings is 2. The molecule has 0 aliphatic heterocycles. The molecule has 0 saturated heterocycles. The van der Waals surface area contributed by atoms with Gasteiger partial charge in [-0.05, 0) is 54.4 Å². The smallest absolute Gasteiger partial charge is 0.164 e. The first-order chi connectivity index (χ1) is 16.9. The van der Waals surface area contributed by atoms with E-state index in [1.165, 1.54) is 12.1 Å². The molecule has 3 N–H and O–H groups in total. The van der Waals surface area contributed by atoms with Crippen LogP contribution in [0.25, 0.3) is 39.6 Å². The minimum absolute atomic E-state index is 0.360. The number of nitrogen functional groups attached to an aromatic ring is 1. The third-order valence-corrected chi connectivity index (χ3v) is 5.68. The summed E-state index contributed by atoms with van der Waals surface area (Å²) in [4.78, 5) is 9.03. The van der Waals surface area contributed by atoms with Crippen LogP contribution in [0.15, 0.2) is 61.2 Å². The summed E-state index contributed by atoms with van der Waals surface area (Å²) in [6.07, 6.45) is 5.01. The summed E-state index contributed by atoms with van der Waals surface area (Å²) in [6.45, 7) is 2.65. The molecule has 0 saturated carbocycles. The van der Waals surface area contributed by atoms with Crippen LogP contribution in [0.2, 0.25) is 5.02 Å². The Kier molecular flexibility index (Phi) is 5.87. The van der Waals surface area contributed by atoms with E-state index in [4.69, 9.17) is 22.3 Å². The molecule has 5 rings (SSSR count). The van der Waals surface area contributed by atoms with Crippen LogP contribution in [-0.4, -0.2) is 41.1 Å². The van der Waals surface area contributed by atoms with E-state index in [2.05, 4.69) is 25.6 Å². The number of benzene rings is 1. The first-order valence-corrected chi connectivity index (χ1v) is 11.2. The minimum Gasteiger partial charge on any atom is -0.384 e. The Balaban J connectivity index is 1.64. The number of hydrogen-bond acceptors (Lipinski definition) is 7. The highest BCUT2D eigenvalue weighted by molar-refractivity contribution is 6.33. The summed E-state index contributed by atoms with van der Waals surface area (Å²) in [7, 11) is 1.81. The average molecular weight is 490 g/mol. The van der Waals surface area contributed by atoms with Crippen LogP contribution in [0.3, 0.4) is 0 Å². The maximum absolute atomic E-state index is 14.2. The predicted molar refractivity (Wildman–Crippen MR) is 134 cm³/mol. The van der Waals surface area contributed by atoms with Gasteiger partial charge in [-0.15, -0.1) is 10.2 Å². The number of rotatable bonds is 6. The van der Waals surface area contributed by atoms with Crippen LogP contribution in [0.5, 0.6) is 0 Å². The quantitative estimate of drug-likeness (QED) is 0.358. The van der Waals surface area contributed by atoms with E-state index < -0.39 is 0 Å². The third kappa shape index (κ3) is 4.43. The highest BCUT2D eigenvalue weighted by Gasteiger charge is 2.17. The van der Waals surface area contributed by atoms with Crippen molar-refractivity contribution in [3.8, 4) is 39.6 Å². The number of aromatic nitrogens is 7. The molecule has 5 aromatic rings. The maximum atomic E-state index is 14.2. The van der Waals surface area contributed by atoms with Crippen LogP contribution < -0.4 is 11.1 Å². The number of nitrogens with zero attached hydrogens (tertiary/aromatic N) is 7. The van der Waals surface area contributed by atoms with Gasteiger partial charge in [-0.25, -0.2) is 19.0 Å². The van der Waals surface area contributed by atoms with Gasteiger partial charge in [0.2, 0.25) is 0 Å². The van der Waals surface area contributed by atoms with Gasteiger partial charge in [0.1, 0.15) is 23.8 Å². The summed E-state index contributed by atoms with van der Waals surface area (Å²) >= 11 is 6.33. The second-order valence-corrected chi connectivity index (χ2v) is 8.23. The molecular weight excluding hydrogens is 469 g/mol. The van der Waals surface area contributed by atoms with Crippen molar-refractivity contribution in [2.75, 3.05) is 17.6 Å². The van der Waals surface area contributed by atoms with Crippen molar-refractivity contribution >= 4 is 23.2 Å². The largest absolute Gasteiger partial charge is 0.384 e. The lowest BCUT2D eigenvalue weighted by atomic mass is 9.99. The van der Waals surface area contributed by atoms with Crippen molar-refractivity contribution in [2.45, 2.75) is 6.92 Å². The Morgan fingerprint density at radius 2 is 1.91 bits per heavy atom. The number of halogens is 2. The van der Waals surface area contributed by atoms with Gasteiger partial charge in [0.15, 0.2) is 11.6 Å². The normalized spacial score (nSPS) is 11.1. The summed E-state index contributed by atoms with van der Waals surface area (Å²) in [5.41, 5.74) is 9.26. The van der Waals surface area contributed by atoms with Gasteiger partial charge in [0.25, 0.3) is 0 Å². The molecule has 0 atom stereocenters. The molecule has 4 aromatic heterocycles. The molecule has 0 aliphatic rings. The maximum Gasteiger partial charge on any atom is 0.164 e. The predicted octanol–water partition coefficient (Wildman–Crippen LogP) is 4.60. The molecule has 1 aromatic carbocycles. The first-order valence-electron chi connectivity index (χ1n) is 10.8. The van der Waals surface area contributed by atoms with Crippen molar-refractivity contribution < 1.29 is 4.39 Å². The number of nitrogens with two attached hydrogens (primary N) is 1. The average Bonchev–Trinajstić information content (AvgIpc) is 3.50. The lowest BCUT2D eigenvalue weighted by Crippen LogP contribution is -2.05. The summed E-state index contributed by atoms with van der Waals surface area (Å²) < 4.78 is 17.6. The standard InChI is InChI=1S/C24H21ClFN9/c1-3-28-21-8-14(17-5-4-16(26)10-18(17)24-33-29-13-34(24)2)9-22(32-21)35-12-15(11-30-35)23-19(25)6-7-20(27)31-23/h4-13H,3H2,1-2H3,(H2,27,31)(H,28,32). The van der Waals surface area contributed by atoms with Gasteiger partial charge in [-0.2, -0.15) is 5.10 Å². The van der Waals surface area contributed by atoms with Crippen molar-refractivity contribution in [2.24, 2.45) is 7.05 Å². The molecule has 0 spiro atoms. The van der Waals surface area contributed by atoms with E-state index in [9.17, 15) is 4.39 Å². The topological polar surface area (TPSA) is 112 Å². The van der Waals surface area contributed by atoms with Crippen molar-refractivity contribution in [3.05, 3.63) is 72.0 Å². The molecular formula is C24H21ClFN9. The second-order valence-electron chi connectivity index (χ2n) is 7.83. The van der Waals surface area contributed by atoms with Gasteiger partial charge >= 0.3 is 0 Å². The molecule has 0 amide bonds. The molecule has 35 heavy (non-hydrogen) atoms. The van der Waals surface area contributed by atoms with Gasteiger partial charge in [-0.3, -0.25) is 0 Å². The fourth-order valence-corrected chi connectivity index (χ4v) is 3.99. The van der Waals surface area contributed by atoms with Crippen molar-refractivity contribution in [1.29, 1.82) is 0 Å². The number of nitrogens with one attached hydrogen (secondary N) is 1. The number of anilines is 2. The van der Waals surface area contributed by atoms with E-state index in [1.54, 1.807) is 46.2 Å². The minimum atomic E-state index is -0.365. The molecule has 0 aliphatic carbocycles. The van der Waals surface area contributed by atoms with E-state index in [0.717, 1.165) is 11.1 Å². The van der Waals surface area contributed by atoms with Gasteiger partial charge in [-0.1, -0.05) is 17.7 Å². The van der Waals surface area contributed by atoms with E-state index in [-0.39, 0.29) is 5.82 Å². The molecule has 0 fully saturated rings. The highest BCUT2D eigenvalue weighted by atomic mass is 35.5. The van der Waals surface area contributed by atoms with Crippen LogP contribution in [-0.2, 0) is 7.05 Å². The SMILES string of the molecule is CCNc1cc(-c2ccc(F)cc2-c2nncn2C)cc(-n2cc(-c3nc(N)ccc3Cl)cn2)n1. The van der Waals surface area contributed by atoms with Crippen LogP contribution in [0.4, 0.5) is 16.0 Å².